The Morgan fingerprint density at radius 1 is 1.48 bits per heavy atom. The highest BCUT2D eigenvalue weighted by atomic mass is 16.6. The second-order valence-corrected chi connectivity index (χ2v) is 4.58. The molecule has 0 saturated carbocycles. The van der Waals surface area contributed by atoms with Crippen LogP contribution in [0.15, 0.2) is 42.5 Å². The van der Waals surface area contributed by atoms with E-state index in [9.17, 15) is 9.59 Å². The molecule has 110 valence electrons. The van der Waals surface area contributed by atoms with Crippen molar-refractivity contribution in [3.05, 3.63) is 48.1 Å². The van der Waals surface area contributed by atoms with Gasteiger partial charge < -0.3 is 14.8 Å². The predicted octanol–water partition coefficient (Wildman–Crippen LogP) is 1.70. The fraction of sp³-hybridized carbons (Fsp3) is 0.250. The van der Waals surface area contributed by atoms with E-state index in [1.165, 1.54) is 6.92 Å². The van der Waals surface area contributed by atoms with Crippen LogP contribution in [0.3, 0.4) is 0 Å². The normalized spacial score (nSPS) is 14.0. The van der Waals surface area contributed by atoms with Crippen molar-refractivity contribution in [1.82, 2.24) is 5.32 Å². The van der Waals surface area contributed by atoms with Gasteiger partial charge in [-0.05, 0) is 19.1 Å². The van der Waals surface area contributed by atoms with Gasteiger partial charge in [0.1, 0.15) is 12.4 Å². The molecule has 5 heteroatoms. The van der Waals surface area contributed by atoms with Gasteiger partial charge in [0.2, 0.25) is 0 Å². The minimum atomic E-state index is -0.865. The summed E-state index contributed by atoms with van der Waals surface area (Å²) >= 11 is 0. The first-order chi connectivity index (χ1) is 10.1. The third kappa shape index (κ3) is 3.72. The lowest BCUT2D eigenvalue weighted by atomic mass is 10.1. The summed E-state index contributed by atoms with van der Waals surface area (Å²) in [6, 6.07) is 7.40. The van der Waals surface area contributed by atoms with Crippen LogP contribution in [0.25, 0.3) is 6.08 Å². The SMILES string of the molecule is C=CCNC(=O)[C@@H](C)OC(=O)C1=Cc2ccccc2OC1. The Bertz CT molecular complexity index is 592. The Hall–Kier alpha value is -2.56. The van der Waals surface area contributed by atoms with Crippen LogP contribution in [0.1, 0.15) is 12.5 Å². The number of fused-ring (bicyclic) bond motifs is 1. The second-order valence-electron chi connectivity index (χ2n) is 4.58. The Morgan fingerprint density at radius 2 is 2.24 bits per heavy atom. The van der Waals surface area contributed by atoms with Crippen molar-refractivity contribution in [3.8, 4) is 5.75 Å². The number of carbonyl (C=O) groups excluding carboxylic acids is 2. The molecule has 2 rings (SSSR count). The molecule has 1 atom stereocenters. The summed E-state index contributed by atoms with van der Waals surface area (Å²) in [7, 11) is 0. The van der Waals surface area contributed by atoms with Gasteiger partial charge in [0.25, 0.3) is 5.91 Å². The van der Waals surface area contributed by atoms with Gasteiger partial charge in [0.15, 0.2) is 6.10 Å². The lowest BCUT2D eigenvalue weighted by Gasteiger charge is -2.18. The molecule has 1 heterocycles. The predicted molar refractivity (Wildman–Crippen MR) is 78.7 cm³/mol. The number of esters is 1. The summed E-state index contributed by atoms with van der Waals surface area (Å²) in [5, 5.41) is 2.57. The zero-order chi connectivity index (χ0) is 15.2. The minimum Gasteiger partial charge on any atom is -0.488 e. The maximum Gasteiger partial charge on any atom is 0.338 e. The van der Waals surface area contributed by atoms with Crippen molar-refractivity contribution in [2.75, 3.05) is 13.2 Å². The van der Waals surface area contributed by atoms with Crippen LogP contribution in [0.5, 0.6) is 5.75 Å². The van der Waals surface area contributed by atoms with Gasteiger partial charge in [-0.1, -0.05) is 24.3 Å². The summed E-state index contributed by atoms with van der Waals surface area (Å²) in [6.45, 7) is 5.49. The van der Waals surface area contributed by atoms with Gasteiger partial charge in [-0.15, -0.1) is 6.58 Å². The van der Waals surface area contributed by atoms with E-state index in [2.05, 4.69) is 11.9 Å². The van der Waals surface area contributed by atoms with Crippen LogP contribution in [0.2, 0.25) is 0 Å². The van der Waals surface area contributed by atoms with Crippen LogP contribution in [-0.4, -0.2) is 31.1 Å². The van der Waals surface area contributed by atoms with Gasteiger partial charge in [-0.3, -0.25) is 4.79 Å². The summed E-state index contributed by atoms with van der Waals surface area (Å²) in [5.41, 5.74) is 1.21. The smallest absolute Gasteiger partial charge is 0.338 e. The Balaban J connectivity index is 2.00. The number of hydrogen-bond donors (Lipinski definition) is 1. The Labute approximate surface area is 123 Å². The van der Waals surface area contributed by atoms with Crippen molar-refractivity contribution in [2.24, 2.45) is 0 Å². The van der Waals surface area contributed by atoms with E-state index < -0.39 is 12.1 Å². The van der Waals surface area contributed by atoms with Crippen LogP contribution >= 0.6 is 0 Å². The third-order valence-corrected chi connectivity index (χ3v) is 2.97. The number of ether oxygens (including phenoxy) is 2. The fourth-order valence-electron chi connectivity index (χ4n) is 1.84. The van der Waals surface area contributed by atoms with Crippen molar-refractivity contribution < 1.29 is 19.1 Å². The summed E-state index contributed by atoms with van der Waals surface area (Å²) in [4.78, 5) is 23.7. The molecule has 21 heavy (non-hydrogen) atoms. The van der Waals surface area contributed by atoms with Crippen LogP contribution < -0.4 is 10.1 Å². The lowest BCUT2D eigenvalue weighted by Crippen LogP contribution is -2.36. The molecule has 1 aromatic rings. The lowest BCUT2D eigenvalue weighted by molar-refractivity contribution is -0.151. The van der Waals surface area contributed by atoms with Crippen molar-refractivity contribution in [2.45, 2.75) is 13.0 Å². The maximum atomic E-state index is 12.0. The summed E-state index contributed by atoms with van der Waals surface area (Å²) in [5.74, 6) is -0.183. The first-order valence-corrected chi connectivity index (χ1v) is 6.64. The van der Waals surface area contributed by atoms with Crippen LogP contribution in [-0.2, 0) is 14.3 Å². The molecular formula is C16H17NO4. The molecule has 5 nitrogen and oxygen atoms in total. The number of para-hydroxylation sites is 1. The largest absolute Gasteiger partial charge is 0.488 e. The molecule has 1 aliphatic rings. The monoisotopic (exact) mass is 287 g/mol. The van der Waals surface area contributed by atoms with E-state index in [-0.39, 0.29) is 12.5 Å². The van der Waals surface area contributed by atoms with Crippen LogP contribution in [0.4, 0.5) is 0 Å². The highest BCUT2D eigenvalue weighted by Crippen LogP contribution is 2.26. The second kappa shape index (κ2) is 6.74. The quantitative estimate of drug-likeness (QED) is 0.661. The summed E-state index contributed by atoms with van der Waals surface area (Å²) in [6.07, 6.45) is 2.41. The highest BCUT2D eigenvalue weighted by molar-refractivity contribution is 5.96. The van der Waals surface area contributed by atoms with Crippen LogP contribution in [0, 0.1) is 0 Å². The summed E-state index contributed by atoms with van der Waals surface area (Å²) < 4.78 is 10.6. The van der Waals surface area contributed by atoms with Gasteiger partial charge >= 0.3 is 5.97 Å². The van der Waals surface area contributed by atoms with Crippen molar-refractivity contribution >= 4 is 18.0 Å². The van der Waals surface area contributed by atoms with Gasteiger partial charge in [-0.25, -0.2) is 4.79 Å². The number of benzene rings is 1. The molecule has 0 fully saturated rings. The van der Waals surface area contributed by atoms with E-state index in [0.717, 1.165) is 11.3 Å². The number of carbonyl (C=O) groups is 2. The molecule has 0 spiro atoms. The molecular weight excluding hydrogens is 270 g/mol. The Morgan fingerprint density at radius 3 is 3.00 bits per heavy atom. The average molecular weight is 287 g/mol. The van der Waals surface area contributed by atoms with Crippen molar-refractivity contribution in [1.29, 1.82) is 0 Å². The number of rotatable bonds is 5. The highest BCUT2D eigenvalue weighted by Gasteiger charge is 2.22. The van der Waals surface area contributed by atoms with E-state index in [4.69, 9.17) is 9.47 Å². The topological polar surface area (TPSA) is 64.6 Å². The minimum absolute atomic E-state index is 0.136. The van der Waals surface area contributed by atoms with Gasteiger partial charge in [-0.2, -0.15) is 0 Å². The number of nitrogens with one attached hydrogen (secondary N) is 1. The standard InChI is InChI=1S/C16H17NO4/c1-3-8-17-15(18)11(2)21-16(19)13-9-12-6-4-5-7-14(12)20-10-13/h3-7,9,11H,1,8,10H2,2H3,(H,17,18)/t11-/m1/s1. The van der Waals surface area contributed by atoms with E-state index in [1.807, 2.05) is 24.3 Å². The third-order valence-electron chi connectivity index (χ3n) is 2.97. The first-order valence-electron chi connectivity index (χ1n) is 6.64. The first kappa shape index (κ1) is 14.8. The van der Waals surface area contributed by atoms with Gasteiger partial charge in [0.05, 0.1) is 5.57 Å². The van der Waals surface area contributed by atoms with E-state index >= 15 is 0 Å². The number of amides is 1. The van der Waals surface area contributed by atoms with E-state index in [0.29, 0.717) is 12.1 Å². The molecule has 1 N–H and O–H groups in total. The molecule has 1 aromatic carbocycles. The molecule has 0 saturated heterocycles. The Kier molecular flexibility index (Phi) is 4.77. The molecule has 0 aromatic heterocycles. The molecule has 0 bridgehead atoms. The molecule has 0 radical (unpaired) electrons. The zero-order valence-electron chi connectivity index (χ0n) is 11.8. The fourth-order valence-corrected chi connectivity index (χ4v) is 1.84. The van der Waals surface area contributed by atoms with E-state index in [1.54, 1.807) is 12.2 Å². The molecule has 0 aliphatic carbocycles. The number of hydrogen-bond acceptors (Lipinski definition) is 4. The molecule has 0 unspecified atom stereocenters. The average Bonchev–Trinajstić information content (AvgIpc) is 2.51. The molecule has 1 aliphatic heterocycles. The molecule has 1 amide bonds. The maximum absolute atomic E-state index is 12.0. The zero-order valence-corrected chi connectivity index (χ0v) is 11.8. The van der Waals surface area contributed by atoms with Gasteiger partial charge in [0, 0.05) is 12.1 Å². The van der Waals surface area contributed by atoms with Crippen molar-refractivity contribution in [3.63, 3.8) is 0 Å².